The molecule has 2 aliphatic heterocycles. The molecular formula is C31H42N2O4. The number of benzene rings is 2. The molecule has 0 radical (unpaired) electrons. The second kappa shape index (κ2) is 10.8. The fraction of sp³-hybridized carbons (Fsp3) is 0.613. The smallest absolute Gasteiger partial charge is 0.261 e. The van der Waals surface area contributed by atoms with Crippen LogP contribution < -0.4 is 0 Å². The molecule has 6 heteroatoms. The topological polar surface area (TPSA) is 70.1 Å². The Bertz CT molecular complexity index is 1070. The number of aliphatic hydroxyl groups is 1. The molecule has 1 saturated carbocycles. The van der Waals surface area contributed by atoms with E-state index in [9.17, 15) is 14.7 Å². The Kier molecular flexibility index (Phi) is 7.71. The van der Waals surface area contributed by atoms with Gasteiger partial charge in [0, 0.05) is 29.6 Å². The number of rotatable bonds is 7. The van der Waals surface area contributed by atoms with Crippen LogP contribution in [0.3, 0.4) is 0 Å². The number of piperidine rings is 1. The van der Waals surface area contributed by atoms with E-state index in [4.69, 9.17) is 4.74 Å². The summed E-state index contributed by atoms with van der Waals surface area (Å²) in [5.74, 6) is 0.680. The molecule has 2 amide bonds. The summed E-state index contributed by atoms with van der Waals surface area (Å²) < 4.78 is 6.09. The normalized spacial score (nSPS) is 24.6. The van der Waals surface area contributed by atoms with Gasteiger partial charge in [0.05, 0.1) is 18.8 Å². The average Bonchev–Trinajstić information content (AvgIpc) is 2.89. The molecule has 2 aromatic carbocycles. The van der Waals surface area contributed by atoms with E-state index in [-0.39, 0.29) is 23.8 Å². The minimum Gasteiger partial charge on any atom is -0.389 e. The Morgan fingerprint density at radius 2 is 1.51 bits per heavy atom. The molecule has 2 aromatic rings. The molecule has 200 valence electrons. The van der Waals surface area contributed by atoms with Crippen molar-refractivity contribution in [1.82, 2.24) is 9.80 Å². The van der Waals surface area contributed by atoms with Crippen molar-refractivity contribution in [2.24, 2.45) is 17.3 Å². The van der Waals surface area contributed by atoms with E-state index in [1.54, 1.807) is 0 Å². The highest BCUT2D eigenvalue weighted by Gasteiger charge is 2.35. The number of carbonyl (C=O) groups is 2. The highest BCUT2D eigenvalue weighted by atomic mass is 16.5. The fourth-order valence-electron chi connectivity index (χ4n) is 6.55. The summed E-state index contributed by atoms with van der Waals surface area (Å²) >= 11 is 0. The van der Waals surface area contributed by atoms with Crippen LogP contribution in [0.25, 0.3) is 10.8 Å². The molecule has 1 N–H and O–H groups in total. The van der Waals surface area contributed by atoms with Gasteiger partial charge in [-0.1, -0.05) is 45.0 Å². The van der Waals surface area contributed by atoms with Crippen molar-refractivity contribution >= 4 is 22.6 Å². The Labute approximate surface area is 221 Å². The van der Waals surface area contributed by atoms with E-state index in [2.05, 4.69) is 25.7 Å². The van der Waals surface area contributed by atoms with Crippen molar-refractivity contribution in [3.63, 3.8) is 0 Å². The molecule has 0 spiro atoms. The minimum atomic E-state index is -0.487. The third kappa shape index (κ3) is 5.76. The van der Waals surface area contributed by atoms with Crippen LogP contribution in [0, 0.1) is 17.3 Å². The lowest BCUT2D eigenvalue weighted by Gasteiger charge is -2.37. The van der Waals surface area contributed by atoms with Crippen molar-refractivity contribution in [2.45, 2.75) is 71.5 Å². The largest absolute Gasteiger partial charge is 0.389 e. The number of imide groups is 1. The molecule has 1 aliphatic carbocycles. The molecule has 37 heavy (non-hydrogen) atoms. The van der Waals surface area contributed by atoms with E-state index in [1.165, 1.54) is 17.7 Å². The number of β-amino-alcohol motifs (C(OH)–C–C–N with tert-alkyl or cyclic N) is 1. The molecule has 1 saturated heterocycles. The first-order chi connectivity index (χ1) is 17.7. The maximum atomic E-state index is 13.2. The summed E-state index contributed by atoms with van der Waals surface area (Å²) in [6, 6.07) is 11.3. The summed E-state index contributed by atoms with van der Waals surface area (Å²) in [4.78, 5) is 30.2. The number of nitrogens with zero attached hydrogens (tertiary/aromatic N) is 2. The fourth-order valence-corrected chi connectivity index (χ4v) is 6.55. The van der Waals surface area contributed by atoms with E-state index in [0.29, 0.717) is 36.2 Å². The second-order valence-electron chi connectivity index (χ2n) is 12.5. The highest BCUT2D eigenvalue weighted by molar-refractivity contribution is 6.25. The number of amides is 2. The maximum Gasteiger partial charge on any atom is 0.261 e. The molecule has 0 bridgehead atoms. The Morgan fingerprint density at radius 1 is 0.919 bits per heavy atom. The summed E-state index contributed by atoms with van der Waals surface area (Å²) in [6.07, 6.45) is 6.20. The number of ether oxygens (including phenoxy) is 1. The summed E-state index contributed by atoms with van der Waals surface area (Å²) in [5.41, 5.74) is 1.62. The van der Waals surface area contributed by atoms with Crippen LogP contribution in [0.2, 0.25) is 0 Å². The lowest BCUT2D eigenvalue weighted by atomic mass is 9.72. The van der Waals surface area contributed by atoms with Crippen LogP contribution >= 0.6 is 0 Å². The Morgan fingerprint density at radius 3 is 2.08 bits per heavy atom. The molecule has 2 heterocycles. The number of likely N-dealkylation sites (tertiary alicyclic amines) is 1. The number of hydrogen-bond acceptors (Lipinski definition) is 5. The van der Waals surface area contributed by atoms with Gasteiger partial charge in [0.1, 0.15) is 0 Å². The second-order valence-corrected chi connectivity index (χ2v) is 12.5. The van der Waals surface area contributed by atoms with Gasteiger partial charge < -0.3 is 14.7 Å². The first-order valence-electron chi connectivity index (χ1n) is 14.1. The van der Waals surface area contributed by atoms with E-state index in [0.717, 1.165) is 55.5 Å². The molecule has 3 aliphatic rings. The van der Waals surface area contributed by atoms with E-state index < -0.39 is 6.10 Å². The maximum absolute atomic E-state index is 13.2. The third-order valence-corrected chi connectivity index (χ3v) is 8.90. The van der Waals surface area contributed by atoms with Crippen molar-refractivity contribution in [1.29, 1.82) is 0 Å². The standard InChI is InChI=1S/C31H42N2O4/c1-31(2,3)23-10-12-25(13-11-23)37-20-24(34)19-32-16-14-21(15-17-32)18-33-29(35)26-8-4-6-22-7-5-9-27(28(22)26)30(33)36/h4-9,21,23-25,34H,10-20H2,1-3H3. The van der Waals surface area contributed by atoms with Crippen molar-refractivity contribution in [3.8, 4) is 0 Å². The van der Waals surface area contributed by atoms with Gasteiger partial charge in [0.2, 0.25) is 0 Å². The van der Waals surface area contributed by atoms with Crippen molar-refractivity contribution < 1.29 is 19.4 Å². The number of aliphatic hydroxyl groups excluding tert-OH is 1. The molecule has 6 nitrogen and oxygen atoms in total. The van der Waals surface area contributed by atoms with Gasteiger partial charge in [-0.25, -0.2) is 0 Å². The third-order valence-electron chi connectivity index (χ3n) is 8.90. The predicted molar refractivity (Wildman–Crippen MR) is 146 cm³/mol. The van der Waals surface area contributed by atoms with E-state index in [1.807, 2.05) is 36.4 Å². The predicted octanol–water partition coefficient (Wildman–Crippen LogP) is 5.13. The van der Waals surface area contributed by atoms with Gasteiger partial charge in [-0.3, -0.25) is 14.5 Å². The SMILES string of the molecule is CC(C)(C)C1CCC(OCC(O)CN2CCC(CN3C(=O)c4cccc5cccc(c45)C3=O)CC2)CC1. The first-order valence-corrected chi connectivity index (χ1v) is 14.1. The van der Waals surface area contributed by atoms with Gasteiger partial charge in [-0.05, 0) is 86.4 Å². The molecular weight excluding hydrogens is 464 g/mol. The van der Waals surface area contributed by atoms with E-state index >= 15 is 0 Å². The van der Waals surface area contributed by atoms with Gasteiger partial charge in [-0.15, -0.1) is 0 Å². The van der Waals surface area contributed by atoms with Gasteiger partial charge in [0.25, 0.3) is 11.8 Å². The zero-order valence-electron chi connectivity index (χ0n) is 22.6. The minimum absolute atomic E-state index is 0.180. The van der Waals surface area contributed by atoms with Crippen LogP contribution in [0.15, 0.2) is 36.4 Å². The van der Waals surface area contributed by atoms with Gasteiger partial charge >= 0.3 is 0 Å². The van der Waals surface area contributed by atoms with Crippen LogP contribution in [-0.2, 0) is 4.74 Å². The molecule has 1 unspecified atom stereocenters. The monoisotopic (exact) mass is 506 g/mol. The number of carbonyl (C=O) groups excluding carboxylic acids is 2. The highest BCUT2D eigenvalue weighted by Crippen LogP contribution is 2.38. The van der Waals surface area contributed by atoms with Crippen LogP contribution in [0.1, 0.15) is 80.0 Å². The Hall–Kier alpha value is -2.28. The lowest BCUT2D eigenvalue weighted by molar-refractivity contribution is -0.0464. The molecule has 1 atom stereocenters. The van der Waals surface area contributed by atoms with Gasteiger partial charge in [-0.2, -0.15) is 0 Å². The van der Waals surface area contributed by atoms with Crippen LogP contribution in [0.5, 0.6) is 0 Å². The van der Waals surface area contributed by atoms with Crippen molar-refractivity contribution in [3.05, 3.63) is 47.5 Å². The quantitative estimate of drug-likeness (QED) is 0.527. The molecule has 5 rings (SSSR count). The zero-order valence-corrected chi connectivity index (χ0v) is 22.6. The molecule has 2 fully saturated rings. The zero-order chi connectivity index (χ0) is 26.2. The lowest BCUT2D eigenvalue weighted by Crippen LogP contribution is -2.46. The first kappa shape index (κ1) is 26.3. The average molecular weight is 507 g/mol. The molecule has 0 aromatic heterocycles. The summed E-state index contributed by atoms with van der Waals surface area (Å²) in [7, 11) is 0. The van der Waals surface area contributed by atoms with Gasteiger partial charge in [0.15, 0.2) is 0 Å². The summed E-state index contributed by atoms with van der Waals surface area (Å²) in [5, 5.41) is 12.3. The van der Waals surface area contributed by atoms with Crippen molar-refractivity contribution in [2.75, 3.05) is 32.8 Å². The van der Waals surface area contributed by atoms with Crippen LogP contribution in [-0.4, -0.2) is 71.7 Å². The Balaban J connectivity index is 1.07. The number of hydrogen-bond donors (Lipinski definition) is 1. The van der Waals surface area contributed by atoms with Crippen LogP contribution in [0.4, 0.5) is 0 Å². The summed E-state index contributed by atoms with van der Waals surface area (Å²) in [6.45, 7) is 10.2.